The van der Waals surface area contributed by atoms with E-state index in [4.69, 9.17) is 9.47 Å². The van der Waals surface area contributed by atoms with Gasteiger partial charge in [0.1, 0.15) is 18.4 Å². The van der Waals surface area contributed by atoms with E-state index >= 15 is 0 Å². The van der Waals surface area contributed by atoms with E-state index in [1.807, 2.05) is 19.9 Å². The van der Waals surface area contributed by atoms with Crippen molar-refractivity contribution in [2.45, 2.75) is 133 Å². The first-order valence-electron chi connectivity index (χ1n) is 18.8. The molecule has 0 spiro atoms. The number of halogens is 2. The van der Waals surface area contributed by atoms with E-state index in [2.05, 4.69) is 10.6 Å². The molecule has 278 valence electrons. The second-order valence-corrected chi connectivity index (χ2v) is 17.1. The molecule has 11 nitrogen and oxygen atoms in total. The van der Waals surface area contributed by atoms with Gasteiger partial charge in [-0.1, -0.05) is 13.8 Å². The number of ether oxygens (including phenoxy) is 2. The minimum atomic E-state index is -1.16. The maximum atomic E-state index is 13.8. The molecule has 6 aliphatic carbocycles. The molecule has 50 heavy (non-hydrogen) atoms. The molecular formula is C37H55F2N5O6. The third kappa shape index (κ3) is 7.96. The standard InChI is InChI=1S/C37H55F2N5O6/c1-34(2,23-49-32(47)29-5-9-36(7-3-25(29)4-8-36)41-19-30(45)43-16-6-26(38)21-43)24-50-33(48)35-10-13-37(14-11-35,15-12-35)42-20-31(46)44-22-27(39)17-28(44)18-40/h25-29,41-42H,3-17,19-24H2,1-2H3/t25?,26-,27-,28?,29?,35?,36?,37?/m0/s1. The molecule has 2 N–H and O–H groups in total. The Morgan fingerprint density at radius 2 is 1.40 bits per heavy atom. The number of carbonyl (C=O) groups excluding carboxylic acids is 4. The zero-order valence-electron chi connectivity index (χ0n) is 29.8. The number of amides is 2. The smallest absolute Gasteiger partial charge is 0.312 e. The summed E-state index contributed by atoms with van der Waals surface area (Å²) >= 11 is 0. The van der Waals surface area contributed by atoms with Gasteiger partial charge in [0, 0.05) is 29.5 Å². The number of nitriles is 1. The summed E-state index contributed by atoms with van der Waals surface area (Å²) in [5, 5.41) is 16.2. The third-order valence-electron chi connectivity index (χ3n) is 13.1. The summed E-state index contributed by atoms with van der Waals surface area (Å²) < 4.78 is 39.2. The summed E-state index contributed by atoms with van der Waals surface area (Å²) in [6.45, 7) is 5.02. The van der Waals surface area contributed by atoms with E-state index in [9.17, 15) is 33.2 Å². The Labute approximate surface area is 294 Å². The molecular weight excluding hydrogens is 648 g/mol. The van der Waals surface area contributed by atoms with Gasteiger partial charge < -0.3 is 29.9 Å². The quantitative estimate of drug-likeness (QED) is 0.291. The molecule has 2 aliphatic heterocycles. The molecule has 0 aromatic carbocycles. The highest BCUT2D eigenvalue weighted by atomic mass is 19.1. The molecule has 2 unspecified atom stereocenters. The van der Waals surface area contributed by atoms with E-state index in [1.165, 1.54) is 4.90 Å². The first-order valence-corrected chi connectivity index (χ1v) is 18.8. The molecule has 8 fully saturated rings. The van der Waals surface area contributed by atoms with Gasteiger partial charge in [-0.15, -0.1) is 0 Å². The van der Waals surface area contributed by atoms with Gasteiger partial charge in [0.05, 0.1) is 56.8 Å². The summed E-state index contributed by atoms with van der Waals surface area (Å²) in [4.78, 5) is 55.2. The molecule has 2 heterocycles. The summed E-state index contributed by atoms with van der Waals surface area (Å²) in [6.07, 6.45) is 7.63. The molecule has 0 radical (unpaired) electrons. The fourth-order valence-electron chi connectivity index (χ4n) is 9.54. The van der Waals surface area contributed by atoms with Crippen molar-refractivity contribution in [2.75, 3.05) is 45.9 Å². The van der Waals surface area contributed by atoms with Crippen LogP contribution in [0.1, 0.15) is 104 Å². The van der Waals surface area contributed by atoms with E-state index in [-0.39, 0.29) is 92.5 Å². The van der Waals surface area contributed by atoms with Crippen molar-refractivity contribution in [1.82, 2.24) is 20.4 Å². The molecule has 6 saturated carbocycles. The van der Waals surface area contributed by atoms with Crippen molar-refractivity contribution in [3.05, 3.63) is 0 Å². The maximum absolute atomic E-state index is 13.8. The van der Waals surface area contributed by atoms with Crippen molar-refractivity contribution in [2.24, 2.45) is 22.7 Å². The van der Waals surface area contributed by atoms with Crippen molar-refractivity contribution in [1.29, 1.82) is 5.26 Å². The first-order chi connectivity index (χ1) is 23.8. The lowest BCUT2D eigenvalue weighted by Crippen LogP contribution is -2.59. The molecule has 2 saturated heterocycles. The second-order valence-electron chi connectivity index (χ2n) is 17.1. The van der Waals surface area contributed by atoms with Crippen LogP contribution in [0, 0.1) is 34.0 Å². The van der Waals surface area contributed by atoms with E-state index in [1.54, 1.807) is 4.90 Å². The number of nitrogens with zero attached hydrogens (tertiary/aromatic N) is 3. The monoisotopic (exact) mass is 703 g/mol. The van der Waals surface area contributed by atoms with Crippen LogP contribution in [0.15, 0.2) is 0 Å². The lowest BCUT2D eigenvalue weighted by Gasteiger charge is -2.52. The Kier molecular flexibility index (Phi) is 10.8. The molecule has 4 bridgehead atoms. The zero-order valence-corrected chi connectivity index (χ0v) is 29.8. The number of nitrogens with one attached hydrogen (secondary N) is 2. The van der Waals surface area contributed by atoms with Gasteiger partial charge in [0.15, 0.2) is 0 Å². The summed E-state index contributed by atoms with van der Waals surface area (Å²) in [7, 11) is 0. The highest BCUT2D eigenvalue weighted by molar-refractivity contribution is 5.80. The highest BCUT2D eigenvalue weighted by Crippen LogP contribution is 2.53. The van der Waals surface area contributed by atoms with Crippen LogP contribution in [0.4, 0.5) is 8.78 Å². The van der Waals surface area contributed by atoms with Crippen LogP contribution in [0.25, 0.3) is 0 Å². The van der Waals surface area contributed by atoms with Crippen molar-refractivity contribution in [3.63, 3.8) is 0 Å². The number of fused-ring (bicyclic) bond motifs is 7. The predicted molar refractivity (Wildman–Crippen MR) is 179 cm³/mol. The maximum Gasteiger partial charge on any atom is 0.312 e. The number of carbonyl (C=O) groups is 4. The van der Waals surface area contributed by atoms with Crippen LogP contribution >= 0.6 is 0 Å². The van der Waals surface area contributed by atoms with Crippen LogP contribution < -0.4 is 10.6 Å². The van der Waals surface area contributed by atoms with E-state index in [0.29, 0.717) is 38.6 Å². The SMILES string of the molecule is CC(C)(COC(=O)C1CCC2(NCC(=O)N3CC[C@H](F)C3)CCC1CC2)COC(=O)C12CCC(NCC(=O)N3C[C@@H](F)CC3C#N)(CC1)CC2. The lowest BCUT2D eigenvalue weighted by molar-refractivity contribution is -0.169. The third-order valence-corrected chi connectivity index (χ3v) is 13.1. The zero-order chi connectivity index (χ0) is 35.7. The van der Waals surface area contributed by atoms with Gasteiger partial charge in [0.25, 0.3) is 0 Å². The Morgan fingerprint density at radius 3 is 2.02 bits per heavy atom. The topological polar surface area (TPSA) is 141 Å². The van der Waals surface area contributed by atoms with Crippen LogP contribution in [0.3, 0.4) is 0 Å². The minimum absolute atomic E-state index is 0.0376. The second kappa shape index (κ2) is 14.6. The van der Waals surface area contributed by atoms with E-state index < -0.39 is 29.2 Å². The molecule has 8 aliphatic rings. The summed E-state index contributed by atoms with van der Waals surface area (Å²) in [5.41, 5.74) is -1.54. The fourth-order valence-corrected chi connectivity index (χ4v) is 9.54. The Balaban J connectivity index is 0.916. The summed E-state index contributed by atoms with van der Waals surface area (Å²) in [6, 6.07) is 1.31. The molecule has 13 heteroatoms. The van der Waals surface area contributed by atoms with Crippen LogP contribution in [0.5, 0.6) is 0 Å². The van der Waals surface area contributed by atoms with Crippen LogP contribution in [0.2, 0.25) is 0 Å². The Hall–Kier alpha value is -2.85. The normalized spacial score (nSPS) is 36.6. The highest BCUT2D eigenvalue weighted by Gasteiger charge is 2.54. The number of hydrogen-bond donors (Lipinski definition) is 2. The van der Waals surface area contributed by atoms with Gasteiger partial charge in [0.2, 0.25) is 11.8 Å². The van der Waals surface area contributed by atoms with Gasteiger partial charge in [-0.3, -0.25) is 19.2 Å². The predicted octanol–water partition coefficient (Wildman–Crippen LogP) is 3.74. The average molecular weight is 704 g/mol. The number of alkyl halides is 2. The summed E-state index contributed by atoms with van der Waals surface area (Å²) in [5.74, 6) is -0.683. The molecule has 8 rings (SSSR count). The van der Waals surface area contributed by atoms with Crippen molar-refractivity contribution in [3.8, 4) is 6.07 Å². The van der Waals surface area contributed by atoms with Gasteiger partial charge in [-0.05, 0) is 89.4 Å². The van der Waals surface area contributed by atoms with Gasteiger partial charge >= 0.3 is 11.9 Å². The van der Waals surface area contributed by atoms with Crippen LogP contribution in [-0.2, 0) is 28.7 Å². The van der Waals surface area contributed by atoms with Crippen LogP contribution in [-0.4, -0.2) is 109 Å². The Bertz CT molecular complexity index is 1320. The molecule has 0 aromatic rings. The van der Waals surface area contributed by atoms with Gasteiger partial charge in [-0.2, -0.15) is 5.26 Å². The number of hydrogen-bond acceptors (Lipinski definition) is 9. The number of esters is 2. The molecule has 4 atom stereocenters. The number of likely N-dealkylation sites (tertiary alicyclic amines) is 2. The number of rotatable bonds is 12. The lowest BCUT2D eigenvalue weighted by atomic mass is 9.57. The largest absolute Gasteiger partial charge is 0.465 e. The van der Waals surface area contributed by atoms with Crippen molar-refractivity contribution < 1.29 is 37.4 Å². The average Bonchev–Trinajstić information content (AvgIpc) is 3.63. The molecule has 0 aromatic heterocycles. The van der Waals surface area contributed by atoms with Gasteiger partial charge in [-0.25, -0.2) is 8.78 Å². The van der Waals surface area contributed by atoms with Crippen molar-refractivity contribution >= 4 is 23.8 Å². The fraction of sp³-hybridized carbons (Fsp3) is 0.865. The first kappa shape index (κ1) is 36.9. The molecule has 2 amide bonds. The minimum Gasteiger partial charge on any atom is -0.465 e. The van der Waals surface area contributed by atoms with E-state index in [0.717, 1.165) is 51.4 Å². The Morgan fingerprint density at radius 1 is 0.800 bits per heavy atom.